The van der Waals surface area contributed by atoms with Crippen LogP contribution in [0.4, 0.5) is 10.1 Å². The summed E-state index contributed by atoms with van der Waals surface area (Å²) in [4.78, 5) is 12.9. The average Bonchev–Trinajstić information content (AvgIpc) is 2.43. The number of amides is 1. The minimum absolute atomic E-state index is 0.0940. The van der Waals surface area contributed by atoms with Gasteiger partial charge in [-0.05, 0) is 11.5 Å². The standard InChI is InChI=1S/C14H14FNO2/c15-10-14(18)16(8-9-17)13-7-3-5-11-4-1-2-6-12(11)13/h1-7,17H,8-10H2. The van der Waals surface area contributed by atoms with Crippen LogP contribution in [0.1, 0.15) is 0 Å². The number of fused-ring (bicyclic) bond motifs is 1. The van der Waals surface area contributed by atoms with Gasteiger partial charge in [0.05, 0.1) is 12.3 Å². The van der Waals surface area contributed by atoms with Crippen LogP contribution in [-0.2, 0) is 4.79 Å². The van der Waals surface area contributed by atoms with Crippen LogP contribution in [0, 0.1) is 0 Å². The van der Waals surface area contributed by atoms with Crippen molar-refractivity contribution in [3.8, 4) is 0 Å². The van der Waals surface area contributed by atoms with Gasteiger partial charge in [-0.2, -0.15) is 0 Å². The minimum Gasteiger partial charge on any atom is -0.395 e. The zero-order valence-electron chi connectivity index (χ0n) is 9.84. The monoisotopic (exact) mass is 247 g/mol. The summed E-state index contributed by atoms with van der Waals surface area (Å²) in [5.74, 6) is -0.639. The van der Waals surface area contributed by atoms with E-state index < -0.39 is 12.6 Å². The molecular weight excluding hydrogens is 233 g/mol. The van der Waals surface area contributed by atoms with Crippen molar-refractivity contribution >= 4 is 22.4 Å². The van der Waals surface area contributed by atoms with Crippen LogP contribution in [-0.4, -0.2) is 30.8 Å². The predicted molar refractivity (Wildman–Crippen MR) is 69.4 cm³/mol. The third-order valence-electron chi connectivity index (χ3n) is 2.80. The van der Waals surface area contributed by atoms with Crippen molar-refractivity contribution in [2.75, 3.05) is 24.7 Å². The molecule has 2 aromatic rings. The van der Waals surface area contributed by atoms with Gasteiger partial charge in [0.25, 0.3) is 5.91 Å². The van der Waals surface area contributed by atoms with E-state index in [4.69, 9.17) is 5.11 Å². The zero-order chi connectivity index (χ0) is 13.0. The number of hydrogen-bond donors (Lipinski definition) is 1. The summed E-state index contributed by atoms with van der Waals surface area (Å²) in [6, 6.07) is 13.1. The second-order valence-electron chi connectivity index (χ2n) is 3.90. The minimum atomic E-state index is -1.07. The second kappa shape index (κ2) is 5.60. The van der Waals surface area contributed by atoms with E-state index in [1.165, 1.54) is 4.90 Å². The van der Waals surface area contributed by atoms with Gasteiger partial charge >= 0.3 is 0 Å². The third kappa shape index (κ3) is 2.33. The molecule has 18 heavy (non-hydrogen) atoms. The molecule has 1 N–H and O–H groups in total. The lowest BCUT2D eigenvalue weighted by atomic mass is 10.1. The Morgan fingerprint density at radius 3 is 2.61 bits per heavy atom. The van der Waals surface area contributed by atoms with Crippen LogP contribution >= 0.6 is 0 Å². The van der Waals surface area contributed by atoms with Gasteiger partial charge < -0.3 is 10.0 Å². The van der Waals surface area contributed by atoms with E-state index in [1.807, 2.05) is 36.4 Å². The number of aliphatic hydroxyl groups is 1. The summed E-state index contributed by atoms with van der Waals surface area (Å²) < 4.78 is 12.6. The van der Waals surface area contributed by atoms with Crippen LogP contribution in [0.3, 0.4) is 0 Å². The van der Waals surface area contributed by atoms with Crippen molar-refractivity contribution < 1.29 is 14.3 Å². The molecule has 0 fully saturated rings. The van der Waals surface area contributed by atoms with Gasteiger partial charge in [0, 0.05) is 11.9 Å². The molecule has 0 unspecified atom stereocenters. The number of hydrogen-bond acceptors (Lipinski definition) is 2. The fourth-order valence-corrected chi connectivity index (χ4v) is 2.00. The summed E-state index contributed by atoms with van der Waals surface area (Å²) in [5, 5.41) is 10.8. The molecule has 0 saturated heterocycles. The molecule has 0 saturated carbocycles. The maximum absolute atomic E-state index is 12.6. The molecule has 3 nitrogen and oxygen atoms in total. The van der Waals surface area contributed by atoms with Gasteiger partial charge in [0.1, 0.15) is 0 Å². The Kier molecular flexibility index (Phi) is 3.89. The van der Waals surface area contributed by atoms with Gasteiger partial charge in [-0.1, -0.05) is 36.4 Å². The zero-order valence-corrected chi connectivity index (χ0v) is 9.84. The maximum Gasteiger partial charge on any atom is 0.258 e. The van der Waals surface area contributed by atoms with E-state index in [-0.39, 0.29) is 13.2 Å². The smallest absolute Gasteiger partial charge is 0.258 e. The highest BCUT2D eigenvalue weighted by atomic mass is 19.1. The van der Waals surface area contributed by atoms with E-state index in [9.17, 15) is 9.18 Å². The Morgan fingerprint density at radius 1 is 1.17 bits per heavy atom. The second-order valence-corrected chi connectivity index (χ2v) is 3.90. The summed E-state index contributed by atoms with van der Waals surface area (Å²) in [7, 11) is 0. The molecule has 0 radical (unpaired) electrons. The van der Waals surface area contributed by atoms with E-state index in [2.05, 4.69) is 0 Å². The first-order valence-corrected chi connectivity index (χ1v) is 5.73. The Bertz CT molecular complexity index is 551. The number of aliphatic hydroxyl groups excluding tert-OH is 1. The largest absolute Gasteiger partial charge is 0.395 e. The topological polar surface area (TPSA) is 40.5 Å². The average molecular weight is 247 g/mol. The normalized spacial score (nSPS) is 10.6. The molecule has 0 heterocycles. The van der Waals surface area contributed by atoms with E-state index in [0.29, 0.717) is 5.69 Å². The van der Waals surface area contributed by atoms with E-state index >= 15 is 0 Å². The van der Waals surface area contributed by atoms with Crippen molar-refractivity contribution in [1.29, 1.82) is 0 Å². The summed E-state index contributed by atoms with van der Waals surface area (Å²) >= 11 is 0. The van der Waals surface area contributed by atoms with Crippen molar-refractivity contribution in [2.24, 2.45) is 0 Å². The van der Waals surface area contributed by atoms with Crippen LogP contribution in [0.15, 0.2) is 42.5 Å². The highest BCUT2D eigenvalue weighted by Crippen LogP contribution is 2.26. The Hall–Kier alpha value is -1.94. The van der Waals surface area contributed by atoms with Crippen LogP contribution < -0.4 is 4.90 Å². The molecule has 0 spiro atoms. The van der Waals surface area contributed by atoms with Gasteiger partial charge in [-0.3, -0.25) is 4.79 Å². The molecule has 4 heteroatoms. The number of nitrogens with zero attached hydrogens (tertiary/aromatic N) is 1. The summed E-state index contributed by atoms with van der Waals surface area (Å²) in [6.07, 6.45) is 0. The number of anilines is 1. The van der Waals surface area contributed by atoms with Crippen LogP contribution in [0.2, 0.25) is 0 Å². The molecule has 0 bridgehead atoms. The first kappa shape index (κ1) is 12.5. The molecule has 0 aromatic heterocycles. The SMILES string of the molecule is O=C(CF)N(CCO)c1cccc2ccccc12. The van der Waals surface area contributed by atoms with E-state index in [0.717, 1.165) is 10.8 Å². The number of halogens is 1. The van der Waals surface area contributed by atoms with Crippen molar-refractivity contribution in [2.45, 2.75) is 0 Å². The van der Waals surface area contributed by atoms with Crippen molar-refractivity contribution in [1.82, 2.24) is 0 Å². The summed E-state index contributed by atoms with van der Waals surface area (Å²) in [6.45, 7) is -1.17. The highest BCUT2D eigenvalue weighted by molar-refractivity contribution is 6.04. The number of carbonyl (C=O) groups is 1. The number of benzene rings is 2. The molecule has 0 aliphatic carbocycles. The molecule has 2 rings (SSSR count). The lowest BCUT2D eigenvalue weighted by molar-refractivity contribution is -0.119. The molecule has 0 aliphatic rings. The molecule has 2 aromatic carbocycles. The first-order valence-electron chi connectivity index (χ1n) is 5.73. The molecule has 1 amide bonds. The Morgan fingerprint density at radius 2 is 1.89 bits per heavy atom. The van der Waals surface area contributed by atoms with Crippen LogP contribution in [0.25, 0.3) is 10.8 Å². The Labute approximate surface area is 104 Å². The predicted octanol–water partition coefficient (Wildman–Crippen LogP) is 2.13. The number of rotatable bonds is 4. The molecule has 0 aliphatic heterocycles. The number of alkyl halides is 1. The van der Waals surface area contributed by atoms with Crippen molar-refractivity contribution in [3.63, 3.8) is 0 Å². The molecule has 0 atom stereocenters. The molecule has 94 valence electrons. The van der Waals surface area contributed by atoms with Gasteiger partial charge in [-0.15, -0.1) is 0 Å². The van der Waals surface area contributed by atoms with Gasteiger partial charge in [0.2, 0.25) is 0 Å². The lowest BCUT2D eigenvalue weighted by Crippen LogP contribution is -2.34. The summed E-state index contributed by atoms with van der Waals surface area (Å²) in [5.41, 5.74) is 0.629. The Balaban J connectivity index is 2.53. The highest BCUT2D eigenvalue weighted by Gasteiger charge is 2.16. The number of carbonyl (C=O) groups excluding carboxylic acids is 1. The third-order valence-corrected chi connectivity index (χ3v) is 2.80. The quantitative estimate of drug-likeness (QED) is 0.899. The fraction of sp³-hybridized carbons (Fsp3) is 0.214. The van der Waals surface area contributed by atoms with Crippen LogP contribution in [0.5, 0.6) is 0 Å². The van der Waals surface area contributed by atoms with Gasteiger partial charge in [0.15, 0.2) is 6.67 Å². The van der Waals surface area contributed by atoms with Gasteiger partial charge in [-0.25, -0.2) is 4.39 Å². The van der Waals surface area contributed by atoms with Crippen molar-refractivity contribution in [3.05, 3.63) is 42.5 Å². The maximum atomic E-state index is 12.6. The molecular formula is C14H14FNO2. The van der Waals surface area contributed by atoms with E-state index in [1.54, 1.807) is 6.07 Å². The fourth-order valence-electron chi connectivity index (χ4n) is 2.00. The first-order chi connectivity index (χ1) is 8.77. The lowest BCUT2D eigenvalue weighted by Gasteiger charge is -2.22.